The van der Waals surface area contributed by atoms with Crippen LogP contribution in [0.25, 0.3) is 0 Å². The summed E-state index contributed by atoms with van der Waals surface area (Å²) in [5.74, 6) is 0.412. The molecule has 78 valence electrons. The minimum absolute atomic E-state index is 0.296. The molecule has 14 heavy (non-hydrogen) atoms. The van der Waals surface area contributed by atoms with Gasteiger partial charge in [0.05, 0.1) is 0 Å². The number of rotatable bonds is 4. The van der Waals surface area contributed by atoms with Crippen LogP contribution in [0.3, 0.4) is 0 Å². The molecule has 0 aliphatic heterocycles. The molecule has 0 amide bonds. The van der Waals surface area contributed by atoms with Crippen LogP contribution in [0.5, 0.6) is 0 Å². The van der Waals surface area contributed by atoms with E-state index in [1.165, 1.54) is 16.7 Å². The highest BCUT2D eigenvalue weighted by atomic mass is 16.3. The molecule has 0 radical (unpaired) electrons. The van der Waals surface area contributed by atoms with Crippen LogP contribution in [0, 0.1) is 19.8 Å². The molecule has 0 saturated carbocycles. The van der Waals surface area contributed by atoms with Gasteiger partial charge in [0.15, 0.2) is 0 Å². The molecule has 1 heteroatoms. The summed E-state index contributed by atoms with van der Waals surface area (Å²) in [6.07, 6.45) is 2.15. The normalized spacial score (nSPS) is 12.9. The Morgan fingerprint density at radius 1 is 1.29 bits per heavy atom. The van der Waals surface area contributed by atoms with Crippen molar-refractivity contribution in [1.29, 1.82) is 0 Å². The van der Waals surface area contributed by atoms with Crippen molar-refractivity contribution in [2.75, 3.05) is 6.61 Å². The molecule has 1 nitrogen and oxygen atoms in total. The summed E-state index contributed by atoms with van der Waals surface area (Å²) >= 11 is 0. The standard InChI is InChI=1S/C13H20O/c1-10-4-6-12(3)13(8-10)7-5-11(2)9-14/h4,6,8,11,14H,5,7,9H2,1-3H3. The highest BCUT2D eigenvalue weighted by Gasteiger charge is 2.03. The lowest BCUT2D eigenvalue weighted by molar-refractivity contribution is 0.230. The molecular weight excluding hydrogens is 172 g/mol. The molecule has 0 spiro atoms. The van der Waals surface area contributed by atoms with Gasteiger partial charge in [-0.3, -0.25) is 0 Å². The number of benzene rings is 1. The lowest BCUT2D eigenvalue weighted by Crippen LogP contribution is -2.03. The Hall–Kier alpha value is -0.820. The van der Waals surface area contributed by atoms with Crippen LogP contribution < -0.4 is 0 Å². The van der Waals surface area contributed by atoms with Crippen molar-refractivity contribution in [3.8, 4) is 0 Å². The van der Waals surface area contributed by atoms with Crippen LogP contribution in [-0.2, 0) is 6.42 Å². The van der Waals surface area contributed by atoms with Crippen LogP contribution in [0.4, 0.5) is 0 Å². The molecule has 1 aromatic rings. The van der Waals surface area contributed by atoms with Crippen molar-refractivity contribution in [2.24, 2.45) is 5.92 Å². The topological polar surface area (TPSA) is 20.2 Å². The third kappa shape index (κ3) is 3.15. The van der Waals surface area contributed by atoms with Gasteiger partial charge in [-0.25, -0.2) is 0 Å². The van der Waals surface area contributed by atoms with Crippen LogP contribution >= 0.6 is 0 Å². The molecule has 0 aliphatic rings. The first-order valence-corrected chi connectivity index (χ1v) is 5.30. The zero-order chi connectivity index (χ0) is 10.6. The molecule has 0 aromatic heterocycles. The Morgan fingerprint density at radius 3 is 2.64 bits per heavy atom. The number of aliphatic hydroxyl groups is 1. The smallest absolute Gasteiger partial charge is 0.0456 e. The van der Waals surface area contributed by atoms with Crippen molar-refractivity contribution in [3.05, 3.63) is 34.9 Å². The lowest BCUT2D eigenvalue weighted by Gasteiger charge is -2.10. The maximum atomic E-state index is 8.94. The van der Waals surface area contributed by atoms with Crippen molar-refractivity contribution in [3.63, 3.8) is 0 Å². The highest BCUT2D eigenvalue weighted by molar-refractivity contribution is 5.30. The monoisotopic (exact) mass is 192 g/mol. The van der Waals surface area contributed by atoms with E-state index >= 15 is 0 Å². The summed E-state index contributed by atoms with van der Waals surface area (Å²) in [4.78, 5) is 0. The largest absolute Gasteiger partial charge is 0.396 e. The van der Waals surface area contributed by atoms with Gasteiger partial charge < -0.3 is 5.11 Å². The van der Waals surface area contributed by atoms with Crippen LogP contribution in [-0.4, -0.2) is 11.7 Å². The van der Waals surface area contributed by atoms with Crippen molar-refractivity contribution < 1.29 is 5.11 Å². The van der Waals surface area contributed by atoms with Crippen LogP contribution in [0.15, 0.2) is 18.2 Å². The summed E-state index contributed by atoms with van der Waals surface area (Å²) in [6, 6.07) is 6.57. The van der Waals surface area contributed by atoms with Crippen LogP contribution in [0.2, 0.25) is 0 Å². The first kappa shape index (κ1) is 11.3. The second-order valence-corrected chi connectivity index (χ2v) is 4.26. The number of aryl methyl sites for hydroxylation is 3. The minimum atomic E-state index is 0.296. The number of hydrogen-bond donors (Lipinski definition) is 1. The average molecular weight is 192 g/mol. The van der Waals surface area contributed by atoms with Crippen molar-refractivity contribution in [1.82, 2.24) is 0 Å². The molecule has 1 aromatic carbocycles. The molecule has 1 N–H and O–H groups in total. The van der Waals surface area contributed by atoms with E-state index in [4.69, 9.17) is 5.11 Å². The molecular formula is C13H20O. The van der Waals surface area contributed by atoms with E-state index in [0.29, 0.717) is 12.5 Å². The van der Waals surface area contributed by atoms with Gasteiger partial charge in [-0.1, -0.05) is 30.7 Å². The quantitative estimate of drug-likeness (QED) is 0.777. The van der Waals surface area contributed by atoms with E-state index in [1.807, 2.05) is 0 Å². The molecule has 1 rings (SSSR count). The lowest BCUT2D eigenvalue weighted by atomic mass is 9.97. The van der Waals surface area contributed by atoms with Gasteiger partial charge in [-0.2, -0.15) is 0 Å². The summed E-state index contributed by atoms with van der Waals surface area (Å²) < 4.78 is 0. The number of aliphatic hydroxyl groups excluding tert-OH is 1. The van der Waals surface area contributed by atoms with Gasteiger partial charge in [0.2, 0.25) is 0 Å². The van der Waals surface area contributed by atoms with Crippen molar-refractivity contribution in [2.45, 2.75) is 33.6 Å². The summed E-state index contributed by atoms with van der Waals surface area (Å²) in [5, 5.41) is 8.94. The second kappa shape index (κ2) is 5.16. The predicted octanol–water partition coefficient (Wildman–Crippen LogP) is 2.86. The Balaban J connectivity index is 2.62. The van der Waals surface area contributed by atoms with Gasteiger partial charge in [0.25, 0.3) is 0 Å². The average Bonchev–Trinajstić information content (AvgIpc) is 2.19. The Bertz CT molecular complexity index is 291. The van der Waals surface area contributed by atoms with Gasteiger partial charge >= 0.3 is 0 Å². The van der Waals surface area contributed by atoms with E-state index in [2.05, 4.69) is 39.0 Å². The van der Waals surface area contributed by atoms with Crippen LogP contribution in [0.1, 0.15) is 30.0 Å². The van der Waals surface area contributed by atoms with E-state index in [9.17, 15) is 0 Å². The molecule has 1 unspecified atom stereocenters. The fraction of sp³-hybridized carbons (Fsp3) is 0.538. The Kier molecular flexibility index (Phi) is 4.15. The van der Waals surface area contributed by atoms with Gasteiger partial charge in [-0.15, -0.1) is 0 Å². The first-order valence-electron chi connectivity index (χ1n) is 5.30. The first-order chi connectivity index (χ1) is 6.63. The summed E-state index contributed by atoms with van der Waals surface area (Å²) in [6.45, 7) is 6.66. The highest BCUT2D eigenvalue weighted by Crippen LogP contribution is 2.15. The van der Waals surface area contributed by atoms with E-state index in [-0.39, 0.29) is 0 Å². The fourth-order valence-electron chi connectivity index (χ4n) is 1.56. The third-order valence-corrected chi connectivity index (χ3v) is 2.72. The van der Waals surface area contributed by atoms with E-state index in [0.717, 1.165) is 12.8 Å². The van der Waals surface area contributed by atoms with Crippen molar-refractivity contribution >= 4 is 0 Å². The number of hydrogen-bond acceptors (Lipinski definition) is 1. The van der Waals surface area contributed by atoms with Gasteiger partial charge in [-0.05, 0) is 43.7 Å². The SMILES string of the molecule is Cc1ccc(C)c(CCC(C)CO)c1. The maximum absolute atomic E-state index is 8.94. The summed E-state index contributed by atoms with van der Waals surface area (Å²) in [7, 11) is 0. The molecule has 1 atom stereocenters. The Morgan fingerprint density at radius 2 is 2.00 bits per heavy atom. The van der Waals surface area contributed by atoms with Gasteiger partial charge in [0, 0.05) is 6.61 Å². The molecule has 0 aliphatic carbocycles. The predicted molar refractivity (Wildman–Crippen MR) is 60.5 cm³/mol. The summed E-state index contributed by atoms with van der Waals surface area (Å²) in [5.41, 5.74) is 4.10. The fourth-order valence-corrected chi connectivity index (χ4v) is 1.56. The van der Waals surface area contributed by atoms with Gasteiger partial charge in [0.1, 0.15) is 0 Å². The molecule has 0 heterocycles. The maximum Gasteiger partial charge on any atom is 0.0456 e. The zero-order valence-electron chi connectivity index (χ0n) is 9.38. The van der Waals surface area contributed by atoms with E-state index < -0.39 is 0 Å². The molecule has 0 fully saturated rings. The minimum Gasteiger partial charge on any atom is -0.396 e. The van der Waals surface area contributed by atoms with E-state index in [1.54, 1.807) is 0 Å². The molecule has 0 bridgehead atoms. The third-order valence-electron chi connectivity index (χ3n) is 2.72. The Labute approximate surface area is 86.8 Å². The molecule has 0 saturated heterocycles. The second-order valence-electron chi connectivity index (χ2n) is 4.26. The zero-order valence-corrected chi connectivity index (χ0v) is 9.38.